The number of benzene rings is 1. The number of nitrogens with one attached hydrogen (secondary N) is 1. The minimum atomic E-state index is -0.570. The first-order valence-corrected chi connectivity index (χ1v) is 7.01. The first-order chi connectivity index (χ1) is 9.11. The Labute approximate surface area is 119 Å². The summed E-state index contributed by atoms with van der Waals surface area (Å²) in [6.45, 7) is 3.50. The summed E-state index contributed by atoms with van der Waals surface area (Å²) in [7, 11) is 0. The summed E-state index contributed by atoms with van der Waals surface area (Å²) in [5, 5.41) is 13.4. The normalized spacial score (nSPS) is 21.8. The lowest BCUT2D eigenvalue weighted by Gasteiger charge is -2.25. The predicted octanol–water partition coefficient (Wildman–Crippen LogP) is 2.93. The maximum Gasteiger partial charge on any atom is 0.108 e. The van der Waals surface area contributed by atoms with E-state index in [0.29, 0.717) is 6.42 Å². The van der Waals surface area contributed by atoms with Gasteiger partial charge in [0.25, 0.3) is 0 Å². The largest absolute Gasteiger partial charge is 0.377 e. The molecule has 102 valence electrons. The van der Waals surface area contributed by atoms with Gasteiger partial charge >= 0.3 is 0 Å². The van der Waals surface area contributed by atoms with Gasteiger partial charge in [-0.1, -0.05) is 23.7 Å². The third-order valence-electron chi connectivity index (χ3n) is 3.46. The molecule has 1 aliphatic heterocycles. The molecule has 2 rings (SSSR count). The second-order valence-corrected chi connectivity index (χ2v) is 5.70. The average molecular weight is 279 g/mol. The first kappa shape index (κ1) is 14.3. The molecular formula is C15H19ClN2O. The van der Waals surface area contributed by atoms with Crippen molar-refractivity contribution in [2.45, 2.75) is 37.8 Å². The topological polar surface area (TPSA) is 45.0 Å². The number of ether oxygens (including phenoxy) is 1. The maximum absolute atomic E-state index is 9.40. The van der Waals surface area contributed by atoms with Gasteiger partial charge in [-0.15, -0.1) is 0 Å². The number of halogens is 1. The van der Waals surface area contributed by atoms with Gasteiger partial charge in [0, 0.05) is 24.6 Å². The van der Waals surface area contributed by atoms with Crippen LogP contribution in [-0.2, 0) is 11.2 Å². The van der Waals surface area contributed by atoms with E-state index in [9.17, 15) is 5.26 Å². The summed E-state index contributed by atoms with van der Waals surface area (Å²) in [5.74, 6) is 0. The third kappa shape index (κ3) is 4.21. The molecule has 0 aliphatic carbocycles. The first-order valence-electron chi connectivity index (χ1n) is 6.64. The fourth-order valence-electron chi connectivity index (χ4n) is 2.30. The lowest BCUT2D eigenvalue weighted by molar-refractivity contribution is 0.105. The molecule has 0 radical (unpaired) electrons. The van der Waals surface area contributed by atoms with Crippen molar-refractivity contribution in [3.63, 3.8) is 0 Å². The Morgan fingerprint density at radius 3 is 2.79 bits per heavy atom. The quantitative estimate of drug-likeness (QED) is 0.901. The van der Waals surface area contributed by atoms with Gasteiger partial charge in [-0.25, -0.2) is 0 Å². The number of hydrogen-bond acceptors (Lipinski definition) is 3. The van der Waals surface area contributed by atoms with Crippen molar-refractivity contribution in [3.05, 3.63) is 34.9 Å². The molecule has 1 aromatic rings. The molecule has 3 nitrogen and oxygen atoms in total. The van der Waals surface area contributed by atoms with Gasteiger partial charge in [0.05, 0.1) is 12.2 Å². The Bertz CT molecular complexity index is 448. The van der Waals surface area contributed by atoms with Crippen molar-refractivity contribution in [3.8, 4) is 6.07 Å². The smallest absolute Gasteiger partial charge is 0.108 e. The fraction of sp³-hybridized carbons (Fsp3) is 0.533. The molecule has 1 aromatic carbocycles. The van der Waals surface area contributed by atoms with E-state index in [1.165, 1.54) is 0 Å². The molecule has 0 bridgehead atoms. The van der Waals surface area contributed by atoms with E-state index in [4.69, 9.17) is 16.3 Å². The third-order valence-corrected chi connectivity index (χ3v) is 3.71. The Hall–Kier alpha value is -1.08. The highest BCUT2D eigenvalue weighted by molar-refractivity contribution is 6.30. The second-order valence-electron chi connectivity index (χ2n) is 5.26. The van der Waals surface area contributed by atoms with Crippen molar-refractivity contribution in [2.24, 2.45) is 0 Å². The van der Waals surface area contributed by atoms with Crippen molar-refractivity contribution in [1.82, 2.24) is 5.32 Å². The monoisotopic (exact) mass is 278 g/mol. The van der Waals surface area contributed by atoms with Gasteiger partial charge < -0.3 is 4.74 Å². The van der Waals surface area contributed by atoms with Crippen LogP contribution in [0.15, 0.2) is 24.3 Å². The van der Waals surface area contributed by atoms with Crippen molar-refractivity contribution < 1.29 is 4.74 Å². The molecule has 0 saturated carbocycles. The molecule has 0 aromatic heterocycles. The number of hydrogen-bond donors (Lipinski definition) is 1. The lowest BCUT2D eigenvalue weighted by Crippen LogP contribution is -2.46. The van der Waals surface area contributed by atoms with Crippen LogP contribution in [0.1, 0.15) is 25.3 Å². The molecule has 2 unspecified atom stereocenters. The van der Waals surface area contributed by atoms with Crippen LogP contribution in [0.5, 0.6) is 0 Å². The van der Waals surface area contributed by atoms with Gasteiger partial charge in [-0.2, -0.15) is 5.26 Å². The Balaban J connectivity index is 1.93. The van der Waals surface area contributed by atoms with E-state index in [1.807, 2.05) is 31.2 Å². The van der Waals surface area contributed by atoms with Crippen LogP contribution in [-0.4, -0.2) is 24.8 Å². The van der Waals surface area contributed by atoms with E-state index in [-0.39, 0.29) is 6.10 Å². The SMILES string of the molecule is CC(C#N)(Cc1ccc(Cl)cc1)NCC1CCCO1. The minimum absolute atomic E-state index is 0.248. The number of nitriles is 1. The fourth-order valence-corrected chi connectivity index (χ4v) is 2.42. The molecule has 0 spiro atoms. The van der Waals surface area contributed by atoms with Crippen molar-refractivity contribution in [1.29, 1.82) is 5.26 Å². The number of rotatable bonds is 5. The standard InChI is InChI=1S/C15H19ClN2O/c1-15(11-17,18-10-14-3-2-8-19-14)9-12-4-6-13(16)7-5-12/h4-7,14,18H,2-3,8-10H2,1H3. The minimum Gasteiger partial charge on any atom is -0.377 e. The van der Waals surface area contributed by atoms with Crippen LogP contribution in [0.3, 0.4) is 0 Å². The van der Waals surface area contributed by atoms with Crippen molar-refractivity contribution >= 4 is 11.6 Å². The lowest BCUT2D eigenvalue weighted by atomic mass is 9.94. The summed E-state index contributed by atoms with van der Waals surface area (Å²) >= 11 is 5.87. The zero-order valence-corrected chi connectivity index (χ0v) is 11.9. The van der Waals surface area contributed by atoms with Crippen LogP contribution >= 0.6 is 11.6 Å². The highest BCUT2D eigenvalue weighted by Crippen LogP contribution is 2.17. The molecule has 1 saturated heterocycles. The number of nitrogens with zero attached hydrogens (tertiary/aromatic N) is 1. The maximum atomic E-state index is 9.40. The van der Waals surface area contributed by atoms with E-state index < -0.39 is 5.54 Å². The van der Waals surface area contributed by atoms with Crippen LogP contribution in [0.25, 0.3) is 0 Å². The van der Waals surface area contributed by atoms with E-state index in [1.54, 1.807) is 0 Å². The van der Waals surface area contributed by atoms with Crippen LogP contribution in [0, 0.1) is 11.3 Å². The average Bonchev–Trinajstić information content (AvgIpc) is 2.93. The molecule has 4 heteroatoms. The molecule has 1 heterocycles. The summed E-state index contributed by atoms with van der Waals surface area (Å²) < 4.78 is 5.57. The molecule has 1 fully saturated rings. The van der Waals surface area contributed by atoms with Gasteiger partial charge in [-0.3, -0.25) is 5.32 Å². The summed E-state index contributed by atoms with van der Waals surface area (Å²) in [6, 6.07) is 10.0. The Kier molecular flexibility index (Phi) is 4.81. The molecule has 1 N–H and O–H groups in total. The summed E-state index contributed by atoms with van der Waals surface area (Å²) in [6.07, 6.45) is 3.10. The molecule has 0 amide bonds. The highest BCUT2D eigenvalue weighted by atomic mass is 35.5. The van der Waals surface area contributed by atoms with Gasteiger partial charge in [-0.05, 0) is 37.5 Å². The molecule has 2 atom stereocenters. The second kappa shape index (κ2) is 6.38. The molecule has 19 heavy (non-hydrogen) atoms. The Morgan fingerprint density at radius 2 is 2.21 bits per heavy atom. The zero-order chi connectivity index (χ0) is 13.7. The van der Waals surface area contributed by atoms with Gasteiger partial charge in [0.2, 0.25) is 0 Å². The summed E-state index contributed by atoms with van der Waals surface area (Å²) in [4.78, 5) is 0. The Morgan fingerprint density at radius 1 is 1.47 bits per heavy atom. The predicted molar refractivity (Wildman–Crippen MR) is 76.2 cm³/mol. The van der Waals surface area contributed by atoms with Crippen molar-refractivity contribution in [2.75, 3.05) is 13.2 Å². The van der Waals surface area contributed by atoms with E-state index in [0.717, 1.165) is 36.6 Å². The van der Waals surface area contributed by atoms with E-state index in [2.05, 4.69) is 11.4 Å². The summed E-state index contributed by atoms with van der Waals surface area (Å²) in [5.41, 5.74) is 0.535. The van der Waals surface area contributed by atoms with E-state index >= 15 is 0 Å². The highest BCUT2D eigenvalue weighted by Gasteiger charge is 2.26. The van der Waals surface area contributed by atoms with Gasteiger partial charge in [0.15, 0.2) is 0 Å². The van der Waals surface area contributed by atoms with Crippen LogP contribution in [0.4, 0.5) is 0 Å². The van der Waals surface area contributed by atoms with Gasteiger partial charge in [0.1, 0.15) is 5.54 Å². The van der Waals surface area contributed by atoms with Crippen LogP contribution in [0.2, 0.25) is 5.02 Å². The molecular weight excluding hydrogens is 260 g/mol. The molecule has 1 aliphatic rings. The van der Waals surface area contributed by atoms with Crippen LogP contribution < -0.4 is 5.32 Å². The zero-order valence-electron chi connectivity index (χ0n) is 11.2.